The van der Waals surface area contributed by atoms with Gasteiger partial charge in [-0.25, -0.2) is 19.6 Å². The number of aromatic nitrogens is 2. The van der Waals surface area contributed by atoms with Gasteiger partial charge in [0.15, 0.2) is 11.6 Å². The molecule has 0 unspecified atom stereocenters. The minimum Gasteiger partial charge on any atom is -0.464 e. The number of ketones is 1. The van der Waals surface area contributed by atoms with E-state index >= 15 is 0 Å². The average Bonchev–Trinajstić information content (AvgIpc) is 2.89. The summed E-state index contributed by atoms with van der Waals surface area (Å²) >= 11 is 0. The van der Waals surface area contributed by atoms with E-state index in [0.717, 1.165) is 12.5 Å². The largest absolute Gasteiger partial charge is 0.464 e. The zero-order valence-corrected chi connectivity index (χ0v) is 20.7. The fourth-order valence-electron chi connectivity index (χ4n) is 3.49. The summed E-state index contributed by atoms with van der Waals surface area (Å²) in [5.41, 5.74) is -1.26. The maximum Gasteiger partial charge on any atom is 0.344 e. The van der Waals surface area contributed by atoms with Crippen molar-refractivity contribution in [3.8, 4) is 22.9 Å². The van der Waals surface area contributed by atoms with Gasteiger partial charge >= 0.3 is 11.9 Å². The van der Waals surface area contributed by atoms with Gasteiger partial charge in [0.1, 0.15) is 11.5 Å². The summed E-state index contributed by atoms with van der Waals surface area (Å²) in [6.07, 6.45) is 2.65. The number of benzene rings is 2. The highest BCUT2D eigenvalue weighted by atomic mass is 16.6. The summed E-state index contributed by atoms with van der Waals surface area (Å²) in [7, 11) is 0. The van der Waals surface area contributed by atoms with Gasteiger partial charge in [-0.05, 0) is 68.4 Å². The predicted octanol–water partition coefficient (Wildman–Crippen LogP) is 3.51. The molecule has 0 saturated carbocycles. The van der Waals surface area contributed by atoms with Crippen LogP contribution in [0.1, 0.15) is 37.6 Å². The van der Waals surface area contributed by atoms with Crippen molar-refractivity contribution in [1.29, 1.82) is 0 Å². The highest BCUT2D eigenvalue weighted by Gasteiger charge is 2.51. The standard InChI is InChI=1S/C27H27N3O7/c1-4-35-25(33)27(30-18(3)31,26(34)36-5-2)17-23(32)19-7-11-21(12-8-19)37-22-13-9-20(10-14-22)24-28-15-6-16-29-24/h6-16H,4-5,17H2,1-3H3,(H,30,31). The fraction of sp³-hybridized carbons (Fsp3) is 0.259. The quantitative estimate of drug-likeness (QED) is 0.236. The van der Waals surface area contributed by atoms with Gasteiger partial charge in [-0.3, -0.25) is 9.59 Å². The van der Waals surface area contributed by atoms with Crippen molar-refractivity contribution in [1.82, 2.24) is 15.3 Å². The zero-order valence-electron chi connectivity index (χ0n) is 20.7. The van der Waals surface area contributed by atoms with E-state index < -0.39 is 35.6 Å². The fourth-order valence-corrected chi connectivity index (χ4v) is 3.49. The number of rotatable bonds is 11. The van der Waals surface area contributed by atoms with Gasteiger partial charge in [-0.1, -0.05) is 0 Å². The van der Waals surface area contributed by atoms with Gasteiger partial charge in [-0.2, -0.15) is 0 Å². The molecule has 10 nitrogen and oxygen atoms in total. The topological polar surface area (TPSA) is 134 Å². The molecule has 0 bridgehead atoms. The van der Waals surface area contributed by atoms with E-state index in [4.69, 9.17) is 14.2 Å². The van der Waals surface area contributed by atoms with Gasteiger partial charge in [-0.15, -0.1) is 0 Å². The van der Waals surface area contributed by atoms with Crippen molar-refractivity contribution in [2.75, 3.05) is 13.2 Å². The lowest BCUT2D eigenvalue weighted by molar-refractivity contribution is -0.167. The Hall–Kier alpha value is -4.60. The molecule has 1 heterocycles. The average molecular weight is 506 g/mol. The SMILES string of the molecule is CCOC(=O)C(CC(=O)c1ccc(Oc2ccc(-c3ncccn3)cc2)cc1)(NC(C)=O)C(=O)OCC. The summed E-state index contributed by atoms with van der Waals surface area (Å²) in [5.74, 6) is -1.78. The van der Waals surface area contributed by atoms with E-state index in [9.17, 15) is 19.2 Å². The van der Waals surface area contributed by atoms with Gasteiger partial charge in [0.25, 0.3) is 0 Å². The number of ether oxygens (including phenoxy) is 3. The molecule has 0 aliphatic heterocycles. The second-order valence-electron chi connectivity index (χ2n) is 7.85. The summed E-state index contributed by atoms with van der Waals surface area (Å²) in [5, 5.41) is 2.28. The summed E-state index contributed by atoms with van der Waals surface area (Å²) < 4.78 is 15.8. The molecule has 0 spiro atoms. The van der Waals surface area contributed by atoms with Gasteiger partial charge in [0.2, 0.25) is 11.4 Å². The van der Waals surface area contributed by atoms with Crippen molar-refractivity contribution < 1.29 is 33.4 Å². The number of carbonyl (C=O) groups excluding carboxylic acids is 4. The number of esters is 2. The predicted molar refractivity (Wildman–Crippen MR) is 133 cm³/mol. The maximum absolute atomic E-state index is 13.1. The van der Waals surface area contributed by atoms with Gasteiger partial charge < -0.3 is 19.5 Å². The van der Waals surface area contributed by atoms with Crippen LogP contribution in [0.25, 0.3) is 11.4 Å². The van der Waals surface area contributed by atoms with Crippen LogP contribution in [0, 0.1) is 0 Å². The lowest BCUT2D eigenvalue weighted by Crippen LogP contribution is -2.62. The molecule has 0 saturated heterocycles. The van der Waals surface area contributed by atoms with Crippen LogP contribution in [0.15, 0.2) is 67.0 Å². The molecule has 0 fully saturated rings. The summed E-state index contributed by atoms with van der Waals surface area (Å²) in [6, 6.07) is 15.1. The van der Waals surface area contributed by atoms with Crippen LogP contribution in [-0.4, -0.2) is 52.3 Å². The third-order valence-corrected chi connectivity index (χ3v) is 5.15. The highest BCUT2D eigenvalue weighted by molar-refractivity contribution is 6.13. The van der Waals surface area contributed by atoms with Crippen LogP contribution in [0.4, 0.5) is 0 Å². The smallest absolute Gasteiger partial charge is 0.344 e. The number of Topliss-reactive ketones (excluding diaryl/α,β-unsaturated/α-hetero) is 1. The van der Waals surface area contributed by atoms with E-state index in [-0.39, 0.29) is 18.8 Å². The minimum atomic E-state index is -2.30. The second-order valence-corrected chi connectivity index (χ2v) is 7.85. The van der Waals surface area contributed by atoms with E-state index in [1.54, 1.807) is 56.6 Å². The van der Waals surface area contributed by atoms with E-state index in [1.165, 1.54) is 12.1 Å². The van der Waals surface area contributed by atoms with Gasteiger partial charge in [0, 0.05) is 30.4 Å². The van der Waals surface area contributed by atoms with Crippen molar-refractivity contribution >= 4 is 23.6 Å². The Balaban J connectivity index is 1.76. The molecule has 0 radical (unpaired) electrons. The zero-order chi connectivity index (χ0) is 26.8. The summed E-state index contributed by atoms with van der Waals surface area (Å²) in [6.45, 7) is 4.11. The molecular weight excluding hydrogens is 478 g/mol. The Morgan fingerprint density at radius 2 is 1.32 bits per heavy atom. The third kappa shape index (κ3) is 6.75. The molecule has 0 aliphatic rings. The number of hydrogen-bond acceptors (Lipinski definition) is 9. The van der Waals surface area contributed by atoms with E-state index in [1.807, 2.05) is 12.1 Å². The third-order valence-electron chi connectivity index (χ3n) is 5.15. The monoisotopic (exact) mass is 505 g/mol. The first-order valence-electron chi connectivity index (χ1n) is 11.6. The first kappa shape index (κ1) is 27.0. The Kier molecular flexibility index (Phi) is 9.04. The highest BCUT2D eigenvalue weighted by Crippen LogP contribution is 2.26. The van der Waals surface area contributed by atoms with Crippen molar-refractivity contribution in [3.63, 3.8) is 0 Å². The Labute approximate surface area is 214 Å². The molecule has 0 atom stereocenters. The molecule has 3 rings (SSSR count). The molecule has 2 aromatic carbocycles. The Morgan fingerprint density at radius 1 is 0.811 bits per heavy atom. The van der Waals surface area contributed by atoms with Crippen molar-refractivity contribution in [3.05, 3.63) is 72.6 Å². The number of hydrogen-bond donors (Lipinski definition) is 1. The van der Waals surface area contributed by atoms with Crippen LogP contribution in [-0.2, 0) is 23.9 Å². The minimum absolute atomic E-state index is 0.0564. The number of nitrogens with zero attached hydrogens (tertiary/aromatic N) is 2. The first-order chi connectivity index (χ1) is 17.8. The van der Waals surface area contributed by atoms with Crippen molar-refractivity contribution in [2.24, 2.45) is 0 Å². The Bertz CT molecular complexity index is 1230. The van der Waals surface area contributed by atoms with Crippen LogP contribution in [0.5, 0.6) is 11.5 Å². The molecule has 37 heavy (non-hydrogen) atoms. The van der Waals surface area contributed by atoms with Crippen LogP contribution in [0.2, 0.25) is 0 Å². The molecule has 3 aromatic rings. The molecule has 1 amide bonds. The number of nitrogens with one attached hydrogen (secondary N) is 1. The van der Waals surface area contributed by atoms with Crippen LogP contribution < -0.4 is 10.1 Å². The van der Waals surface area contributed by atoms with Gasteiger partial charge in [0.05, 0.1) is 19.6 Å². The van der Waals surface area contributed by atoms with E-state index in [2.05, 4.69) is 15.3 Å². The summed E-state index contributed by atoms with van der Waals surface area (Å²) in [4.78, 5) is 58.8. The Morgan fingerprint density at radius 3 is 1.81 bits per heavy atom. The second kappa shape index (κ2) is 12.4. The van der Waals surface area contributed by atoms with Crippen molar-refractivity contribution in [2.45, 2.75) is 32.7 Å². The van der Waals surface area contributed by atoms with E-state index in [0.29, 0.717) is 17.3 Å². The molecule has 10 heteroatoms. The maximum atomic E-state index is 13.1. The number of carbonyl (C=O) groups is 4. The normalized spacial score (nSPS) is 10.8. The number of amides is 1. The molecular formula is C27H27N3O7. The molecule has 1 N–H and O–H groups in total. The van der Waals surface area contributed by atoms with Crippen LogP contribution in [0.3, 0.4) is 0 Å². The van der Waals surface area contributed by atoms with Crippen LogP contribution >= 0.6 is 0 Å². The lowest BCUT2D eigenvalue weighted by atomic mass is 9.89. The molecule has 1 aromatic heterocycles. The lowest BCUT2D eigenvalue weighted by Gasteiger charge is -2.29. The molecule has 192 valence electrons. The molecule has 0 aliphatic carbocycles. The first-order valence-corrected chi connectivity index (χ1v) is 11.6.